The topological polar surface area (TPSA) is 20.3 Å². The minimum atomic E-state index is -0.834. The van der Waals surface area contributed by atoms with E-state index >= 15 is 0 Å². The molecule has 1 amide bonds. The van der Waals surface area contributed by atoms with Gasteiger partial charge in [-0.3, -0.25) is 4.79 Å². The molecular weight excluding hydrogens is 257 g/mol. The molecule has 4 heteroatoms. The fourth-order valence-corrected chi connectivity index (χ4v) is 3.45. The predicted octanol–water partition coefficient (Wildman–Crippen LogP) is 3.46. The van der Waals surface area contributed by atoms with Gasteiger partial charge in [-0.2, -0.15) is 0 Å². The molecular formula is C13H21Cl2NO. The molecule has 2 nitrogen and oxygen atoms in total. The molecule has 0 spiro atoms. The number of hydrogen-bond donors (Lipinski definition) is 0. The highest BCUT2D eigenvalue weighted by Crippen LogP contribution is 2.64. The highest BCUT2D eigenvalue weighted by Gasteiger charge is 2.68. The van der Waals surface area contributed by atoms with Crippen molar-refractivity contribution in [3.63, 3.8) is 0 Å². The number of halogens is 2. The summed E-state index contributed by atoms with van der Waals surface area (Å²) in [4.78, 5) is 14.3. The van der Waals surface area contributed by atoms with Gasteiger partial charge in [0, 0.05) is 13.1 Å². The highest BCUT2D eigenvalue weighted by atomic mass is 35.5. The number of hydrogen-bond acceptors (Lipinski definition) is 1. The van der Waals surface area contributed by atoms with Gasteiger partial charge in [0.1, 0.15) is 4.33 Å². The molecule has 17 heavy (non-hydrogen) atoms. The maximum atomic E-state index is 12.3. The van der Waals surface area contributed by atoms with Gasteiger partial charge in [0.15, 0.2) is 0 Å². The molecule has 1 atom stereocenters. The van der Waals surface area contributed by atoms with Crippen LogP contribution in [0.25, 0.3) is 0 Å². The minimum absolute atomic E-state index is 0.143. The van der Waals surface area contributed by atoms with Crippen LogP contribution in [0, 0.1) is 17.3 Å². The van der Waals surface area contributed by atoms with Crippen LogP contribution in [0.2, 0.25) is 0 Å². The molecule has 0 aromatic rings. The molecule has 2 fully saturated rings. The summed E-state index contributed by atoms with van der Waals surface area (Å²) in [5, 5.41) is 0. The highest BCUT2D eigenvalue weighted by molar-refractivity contribution is 6.53. The Morgan fingerprint density at radius 1 is 1.29 bits per heavy atom. The maximum absolute atomic E-state index is 12.3. The predicted molar refractivity (Wildman–Crippen MR) is 71.3 cm³/mol. The van der Waals surface area contributed by atoms with Crippen molar-refractivity contribution in [3.05, 3.63) is 0 Å². The number of alkyl halides is 2. The second kappa shape index (κ2) is 4.31. The molecule has 0 radical (unpaired) electrons. The van der Waals surface area contributed by atoms with E-state index in [9.17, 15) is 4.79 Å². The Labute approximate surface area is 114 Å². The Hall–Kier alpha value is 0.0500. The molecule has 1 heterocycles. The van der Waals surface area contributed by atoms with Crippen LogP contribution in [0.15, 0.2) is 0 Å². The number of nitrogens with zero attached hydrogens (tertiary/aromatic N) is 1. The first-order valence-electron chi connectivity index (χ1n) is 6.45. The van der Waals surface area contributed by atoms with E-state index in [1.54, 1.807) is 0 Å². The van der Waals surface area contributed by atoms with Gasteiger partial charge in [0.25, 0.3) is 0 Å². The van der Waals surface area contributed by atoms with Crippen molar-refractivity contribution >= 4 is 29.1 Å². The SMILES string of the molecule is CC(C)C1CCN(C(=O)[C@]2(C)CC2(Cl)Cl)CC1. The van der Waals surface area contributed by atoms with Crippen LogP contribution in [0.1, 0.15) is 40.0 Å². The summed E-state index contributed by atoms with van der Waals surface area (Å²) in [6, 6.07) is 0. The van der Waals surface area contributed by atoms with Crippen molar-refractivity contribution < 1.29 is 4.79 Å². The van der Waals surface area contributed by atoms with E-state index in [1.165, 1.54) is 0 Å². The number of carbonyl (C=O) groups excluding carboxylic acids is 1. The third kappa shape index (κ3) is 2.31. The van der Waals surface area contributed by atoms with Crippen LogP contribution in [-0.4, -0.2) is 28.2 Å². The second-order valence-corrected chi connectivity index (χ2v) is 7.57. The van der Waals surface area contributed by atoms with Gasteiger partial charge in [0.2, 0.25) is 5.91 Å². The lowest BCUT2D eigenvalue weighted by Crippen LogP contribution is -2.43. The lowest BCUT2D eigenvalue weighted by Gasteiger charge is -2.35. The first-order chi connectivity index (χ1) is 7.78. The van der Waals surface area contributed by atoms with E-state index in [0.717, 1.165) is 31.8 Å². The van der Waals surface area contributed by atoms with Crippen molar-refractivity contribution in [1.82, 2.24) is 4.90 Å². The molecule has 0 aromatic carbocycles. The summed E-state index contributed by atoms with van der Waals surface area (Å²) in [6.07, 6.45) is 2.81. The number of rotatable bonds is 2. The van der Waals surface area contributed by atoms with Crippen LogP contribution in [0.3, 0.4) is 0 Å². The van der Waals surface area contributed by atoms with Crippen LogP contribution in [-0.2, 0) is 4.79 Å². The zero-order chi connectivity index (χ0) is 12.8. The van der Waals surface area contributed by atoms with Gasteiger partial charge >= 0.3 is 0 Å². The van der Waals surface area contributed by atoms with Gasteiger partial charge in [-0.1, -0.05) is 13.8 Å². The van der Waals surface area contributed by atoms with E-state index in [-0.39, 0.29) is 5.91 Å². The third-order valence-corrected chi connectivity index (χ3v) is 5.60. The zero-order valence-corrected chi connectivity index (χ0v) is 12.3. The van der Waals surface area contributed by atoms with Gasteiger partial charge in [0.05, 0.1) is 5.41 Å². The lowest BCUT2D eigenvalue weighted by atomic mass is 9.86. The molecule has 0 unspecified atom stereocenters. The minimum Gasteiger partial charge on any atom is -0.342 e. The maximum Gasteiger partial charge on any atom is 0.231 e. The third-order valence-electron chi connectivity index (χ3n) is 4.50. The van der Waals surface area contributed by atoms with Gasteiger partial charge in [-0.05, 0) is 38.0 Å². The largest absolute Gasteiger partial charge is 0.342 e. The number of amides is 1. The first-order valence-corrected chi connectivity index (χ1v) is 7.21. The average Bonchev–Trinajstić information content (AvgIpc) is 2.78. The first kappa shape index (κ1) is 13.5. The smallest absolute Gasteiger partial charge is 0.231 e. The number of likely N-dealkylation sites (tertiary alicyclic amines) is 1. The number of carbonyl (C=O) groups is 1. The summed E-state index contributed by atoms with van der Waals surface area (Å²) >= 11 is 12.1. The zero-order valence-electron chi connectivity index (χ0n) is 10.8. The molecule has 1 saturated heterocycles. The molecule has 0 aromatic heterocycles. The molecule has 0 N–H and O–H groups in total. The van der Waals surface area contributed by atoms with E-state index < -0.39 is 9.75 Å². The standard InChI is InChI=1S/C13H21Cl2NO/c1-9(2)10-4-6-16(7-5-10)11(17)12(3)8-13(12,14)15/h9-10H,4-8H2,1-3H3/t12-/m0/s1. The summed E-state index contributed by atoms with van der Waals surface area (Å²) in [5.41, 5.74) is -0.541. The Morgan fingerprint density at radius 2 is 1.76 bits per heavy atom. The normalized spacial score (nSPS) is 32.9. The monoisotopic (exact) mass is 277 g/mol. The van der Waals surface area contributed by atoms with E-state index in [1.807, 2.05) is 11.8 Å². The Balaban J connectivity index is 1.92. The second-order valence-electron chi connectivity index (χ2n) is 6.09. The summed E-state index contributed by atoms with van der Waals surface area (Å²) in [6.45, 7) is 8.12. The van der Waals surface area contributed by atoms with Crippen LogP contribution < -0.4 is 0 Å². The van der Waals surface area contributed by atoms with E-state index in [0.29, 0.717) is 12.3 Å². The van der Waals surface area contributed by atoms with Gasteiger partial charge in [-0.25, -0.2) is 0 Å². The van der Waals surface area contributed by atoms with Gasteiger partial charge < -0.3 is 4.90 Å². The fraction of sp³-hybridized carbons (Fsp3) is 0.923. The van der Waals surface area contributed by atoms with Crippen molar-refractivity contribution in [2.45, 2.75) is 44.4 Å². The molecule has 1 aliphatic heterocycles. The van der Waals surface area contributed by atoms with Crippen molar-refractivity contribution in [2.24, 2.45) is 17.3 Å². The van der Waals surface area contributed by atoms with E-state index in [4.69, 9.17) is 23.2 Å². The Bertz CT molecular complexity index is 321. The summed E-state index contributed by atoms with van der Waals surface area (Å²) in [7, 11) is 0. The van der Waals surface area contributed by atoms with Gasteiger partial charge in [-0.15, -0.1) is 23.2 Å². The Kier molecular flexibility index (Phi) is 3.42. The summed E-state index contributed by atoms with van der Waals surface area (Å²) < 4.78 is -0.834. The van der Waals surface area contributed by atoms with Crippen molar-refractivity contribution in [2.75, 3.05) is 13.1 Å². The average molecular weight is 278 g/mol. The van der Waals surface area contributed by atoms with Crippen LogP contribution in [0.5, 0.6) is 0 Å². The molecule has 98 valence electrons. The lowest BCUT2D eigenvalue weighted by molar-refractivity contribution is -0.138. The van der Waals surface area contributed by atoms with Crippen molar-refractivity contribution in [3.8, 4) is 0 Å². The van der Waals surface area contributed by atoms with E-state index in [2.05, 4.69) is 13.8 Å². The fourth-order valence-electron chi connectivity index (χ4n) is 2.75. The van der Waals surface area contributed by atoms with Crippen molar-refractivity contribution in [1.29, 1.82) is 0 Å². The van der Waals surface area contributed by atoms with Crippen LogP contribution >= 0.6 is 23.2 Å². The molecule has 1 aliphatic carbocycles. The number of piperidine rings is 1. The molecule has 0 bridgehead atoms. The molecule has 1 saturated carbocycles. The quantitative estimate of drug-likeness (QED) is 0.708. The molecule has 2 rings (SSSR count). The summed E-state index contributed by atoms with van der Waals surface area (Å²) in [5.74, 6) is 1.61. The Morgan fingerprint density at radius 3 is 2.12 bits per heavy atom. The molecule has 2 aliphatic rings. The van der Waals surface area contributed by atoms with Crippen LogP contribution in [0.4, 0.5) is 0 Å².